The SMILES string of the molecule is COc1ccccc1[C@H](NC(=O)c1ccn(C(F)F)n1)c1ccccc1. The number of nitrogens with one attached hydrogen (secondary N) is 1. The second-order valence-electron chi connectivity index (χ2n) is 5.52. The molecule has 1 heterocycles. The first-order chi connectivity index (χ1) is 12.6. The van der Waals surface area contributed by atoms with Crippen LogP contribution in [0.3, 0.4) is 0 Å². The summed E-state index contributed by atoms with van der Waals surface area (Å²) >= 11 is 0. The van der Waals surface area contributed by atoms with Gasteiger partial charge in [0.15, 0.2) is 0 Å². The van der Waals surface area contributed by atoms with Gasteiger partial charge < -0.3 is 10.1 Å². The maximum absolute atomic E-state index is 12.7. The molecule has 5 nitrogen and oxygen atoms in total. The Balaban J connectivity index is 1.94. The molecule has 0 bridgehead atoms. The lowest BCUT2D eigenvalue weighted by Gasteiger charge is -2.21. The second-order valence-corrected chi connectivity index (χ2v) is 5.52. The Labute approximate surface area is 149 Å². The molecule has 0 aliphatic rings. The molecule has 3 aromatic rings. The van der Waals surface area contributed by atoms with E-state index in [0.29, 0.717) is 10.4 Å². The van der Waals surface area contributed by atoms with Crippen LogP contribution in [0, 0.1) is 0 Å². The average molecular weight is 357 g/mol. The summed E-state index contributed by atoms with van der Waals surface area (Å²) < 4.78 is 31.2. The number of benzene rings is 2. The average Bonchev–Trinajstić information content (AvgIpc) is 3.17. The highest BCUT2D eigenvalue weighted by molar-refractivity contribution is 5.92. The van der Waals surface area contributed by atoms with E-state index in [-0.39, 0.29) is 5.69 Å². The zero-order valence-corrected chi connectivity index (χ0v) is 14.0. The molecule has 0 aliphatic carbocycles. The van der Waals surface area contributed by atoms with Gasteiger partial charge in [0.1, 0.15) is 11.4 Å². The van der Waals surface area contributed by atoms with Crippen LogP contribution < -0.4 is 10.1 Å². The lowest BCUT2D eigenvalue weighted by molar-refractivity contribution is 0.0559. The number of ether oxygens (including phenoxy) is 1. The fourth-order valence-corrected chi connectivity index (χ4v) is 2.66. The lowest BCUT2D eigenvalue weighted by Crippen LogP contribution is -2.30. The molecular weight excluding hydrogens is 340 g/mol. The predicted octanol–water partition coefficient (Wildman–Crippen LogP) is 3.81. The van der Waals surface area contributed by atoms with Crippen LogP contribution in [0.4, 0.5) is 8.78 Å². The summed E-state index contributed by atoms with van der Waals surface area (Å²) in [6.07, 6.45) is 1.07. The van der Waals surface area contributed by atoms with Crippen molar-refractivity contribution in [1.82, 2.24) is 15.1 Å². The van der Waals surface area contributed by atoms with Crippen molar-refractivity contribution in [2.45, 2.75) is 12.6 Å². The van der Waals surface area contributed by atoms with Gasteiger partial charge >= 0.3 is 6.55 Å². The molecule has 1 atom stereocenters. The molecular formula is C19H17F2N3O2. The number of alkyl halides is 2. The van der Waals surface area contributed by atoms with Crippen LogP contribution in [-0.2, 0) is 0 Å². The smallest absolute Gasteiger partial charge is 0.333 e. The van der Waals surface area contributed by atoms with Crippen molar-refractivity contribution in [3.8, 4) is 5.75 Å². The van der Waals surface area contributed by atoms with Crippen LogP contribution in [0.1, 0.15) is 34.2 Å². The van der Waals surface area contributed by atoms with E-state index in [4.69, 9.17) is 4.74 Å². The molecule has 0 saturated carbocycles. The van der Waals surface area contributed by atoms with Gasteiger partial charge in [-0.2, -0.15) is 13.9 Å². The first kappa shape index (κ1) is 17.6. The molecule has 0 fully saturated rings. The number of aromatic nitrogens is 2. The van der Waals surface area contributed by atoms with Crippen LogP contribution in [-0.4, -0.2) is 22.8 Å². The minimum absolute atomic E-state index is 0.0823. The van der Waals surface area contributed by atoms with Gasteiger partial charge in [0.25, 0.3) is 5.91 Å². The quantitative estimate of drug-likeness (QED) is 0.730. The fourth-order valence-electron chi connectivity index (χ4n) is 2.66. The van der Waals surface area contributed by atoms with Crippen molar-refractivity contribution in [3.05, 3.63) is 83.7 Å². The number of carbonyl (C=O) groups is 1. The highest BCUT2D eigenvalue weighted by atomic mass is 19.3. The highest BCUT2D eigenvalue weighted by Gasteiger charge is 2.22. The Hall–Kier alpha value is -3.22. The number of halogens is 2. The van der Waals surface area contributed by atoms with Gasteiger partial charge in [-0.25, -0.2) is 4.68 Å². The Kier molecular flexibility index (Phi) is 5.26. The number of carbonyl (C=O) groups excluding carboxylic acids is 1. The zero-order valence-electron chi connectivity index (χ0n) is 14.0. The van der Waals surface area contributed by atoms with Crippen molar-refractivity contribution < 1.29 is 18.3 Å². The van der Waals surface area contributed by atoms with E-state index in [1.54, 1.807) is 13.2 Å². The van der Waals surface area contributed by atoms with Crippen LogP contribution >= 0.6 is 0 Å². The third kappa shape index (κ3) is 3.72. The molecule has 2 aromatic carbocycles. The molecule has 0 unspecified atom stereocenters. The third-order valence-corrected chi connectivity index (χ3v) is 3.90. The van der Waals surface area contributed by atoms with E-state index < -0.39 is 18.5 Å². The van der Waals surface area contributed by atoms with E-state index in [0.717, 1.165) is 17.3 Å². The van der Waals surface area contributed by atoms with Crippen molar-refractivity contribution >= 4 is 5.91 Å². The number of methoxy groups -OCH3 is 1. The number of para-hydroxylation sites is 1. The number of hydrogen-bond donors (Lipinski definition) is 1. The molecule has 1 amide bonds. The van der Waals surface area contributed by atoms with Gasteiger partial charge in [0, 0.05) is 11.8 Å². The second kappa shape index (κ2) is 7.77. The minimum atomic E-state index is -2.80. The molecule has 26 heavy (non-hydrogen) atoms. The Morgan fingerprint density at radius 2 is 1.77 bits per heavy atom. The van der Waals surface area contributed by atoms with E-state index in [1.165, 1.54) is 6.07 Å². The number of amides is 1. The van der Waals surface area contributed by atoms with Gasteiger partial charge in [0.2, 0.25) is 0 Å². The summed E-state index contributed by atoms with van der Waals surface area (Å²) in [5.74, 6) is 0.0592. The van der Waals surface area contributed by atoms with Crippen molar-refractivity contribution in [2.24, 2.45) is 0 Å². The first-order valence-corrected chi connectivity index (χ1v) is 7.92. The molecule has 1 N–H and O–H groups in total. The molecule has 0 saturated heterocycles. The fraction of sp³-hybridized carbons (Fsp3) is 0.158. The molecule has 0 radical (unpaired) electrons. The summed E-state index contributed by atoms with van der Waals surface area (Å²) in [6.45, 7) is -2.80. The molecule has 134 valence electrons. The number of rotatable bonds is 6. The van der Waals surface area contributed by atoms with Crippen LogP contribution in [0.5, 0.6) is 5.75 Å². The van der Waals surface area contributed by atoms with Gasteiger partial charge in [-0.15, -0.1) is 0 Å². The Morgan fingerprint density at radius 3 is 2.42 bits per heavy atom. The first-order valence-electron chi connectivity index (χ1n) is 7.92. The zero-order chi connectivity index (χ0) is 18.5. The maximum atomic E-state index is 12.7. The van der Waals surface area contributed by atoms with Crippen LogP contribution in [0.2, 0.25) is 0 Å². The van der Waals surface area contributed by atoms with Crippen LogP contribution in [0.15, 0.2) is 66.9 Å². The molecule has 7 heteroatoms. The molecule has 0 aliphatic heterocycles. The van der Waals surface area contributed by atoms with Gasteiger partial charge in [0.05, 0.1) is 13.2 Å². The predicted molar refractivity (Wildman–Crippen MR) is 92.2 cm³/mol. The molecule has 3 rings (SSSR count). The van der Waals surface area contributed by atoms with Gasteiger partial charge in [-0.05, 0) is 17.7 Å². The topological polar surface area (TPSA) is 56.1 Å². The summed E-state index contributed by atoms with van der Waals surface area (Å²) in [5.41, 5.74) is 1.50. The Bertz CT molecular complexity index is 881. The highest BCUT2D eigenvalue weighted by Crippen LogP contribution is 2.30. The van der Waals surface area contributed by atoms with Crippen LogP contribution in [0.25, 0.3) is 0 Å². The monoisotopic (exact) mass is 357 g/mol. The van der Waals surface area contributed by atoms with Gasteiger partial charge in [-0.1, -0.05) is 48.5 Å². The third-order valence-electron chi connectivity index (χ3n) is 3.90. The van der Waals surface area contributed by atoms with E-state index >= 15 is 0 Å². The van der Waals surface area contributed by atoms with E-state index in [1.807, 2.05) is 48.5 Å². The van der Waals surface area contributed by atoms with Crippen molar-refractivity contribution in [2.75, 3.05) is 7.11 Å². The summed E-state index contributed by atoms with van der Waals surface area (Å²) in [5, 5.41) is 6.47. The summed E-state index contributed by atoms with van der Waals surface area (Å²) in [6, 6.07) is 17.4. The normalized spacial score (nSPS) is 12.0. The van der Waals surface area contributed by atoms with E-state index in [2.05, 4.69) is 10.4 Å². The summed E-state index contributed by atoms with van der Waals surface area (Å²) in [4.78, 5) is 12.6. The number of hydrogen-bond acceptors (Lipinski definition) is 3. The maximum Gasteiger partial charge on any atom is 0.333 e. The molecule has 0 spiro atoms. The van der Waals surface area contributed by atoms with E-state index in [9.17, 15) is 13.6 Å². The minimum Gasteiger partial charge on any atom is -0.496 e. The summed E-state index contributed by atoms with van der Waals surface area (Å²) in [7, 11) is 1.55. The van der Waals surface area contributed by atoms with Crippen molar-refractivity contribution in [1.29, 1.82) is 0 Å². The number of nitrogens with zero attached hydrogens (tertiary/aromatic N) is 2. The largest absolute Gasteiger partial charge is 0.496 e. The van der Waals surface area contributed by atoms with Crippen molar-refractivity contribution in [3.63, 3.8) is 0 Å². The van der Waals surface area contributed by atoms with Gasteiger partial charge in [-0.3, -0.25) is 4.79 Å². The standard InChI is InChI=1S/C19H17F2N3O2/c1-26-16-10-6-5-9-14(16)17(13-7-3-2-4-8-13)22-18(25)15-11-12-24(23-15)19(20)21/h2-12,17,19H,1H3,(H,22,25)/t17-/m1/s1. The Morgan fingerprint density at radius 1 is 1.08 bits per heavy atom. The lowest BCUT2D eigenvalue weighted by atomic mass is 9.97. The molecule has 1 aromatic heterocycles.